The summed E-state index contributed by atoms with van der Waals surface area (Å²) in [5.74, 6) is 0. The monoisotopic (exact) mass is 163 g/mol. The lowest BCUT2D eigenvalue weighted by molar-refractivity contribution is 0.760. The maximum atomic E-state index is 5.71. The van der Waals surface area contributed by atoms with Crippen LogP contribution in [0.3, 0.4) is 0 Å². The van der Waals surface area contributed by atoms with Gasteiger partial charge >= 0.3 is 0 Å². The molecule has 2 rings (SSSR count). The van der Waals surface area contributed by atoms with Crippen molar-refractivity contribution in [3.63, 3.8) is 0 Å². The van der Waals surface area contributed by atoms with Crippen LogP contribution in [-0.2, 0) is 12.8 Å². The van der Waals surface area contributed by atoms with Gasteiger partial charge in [0.15, 0.2) is 0 Å². The van der Waals surface area contributed by atoms with Crippen LogP contribution in [-0.4, -0.2) is 9.97 Å². The van der Waals surface area contributed by atoms with Gasteiger partial charge in [0, 0.05) is 6.04 Å². The molecule has 0 aromatic carbocycles. The number of nitrogens with zero attached hydrogens (tertiary/aromatic N) is 2. The molecule has 0 radical (unpaired) electrons. The zero-order valence-corrected chi connectivity index (χ0v) is 7.25. The molecule has 0 saturated carbocycles. The first-order chi connectivity index (χ1) is 5.77. The molecule has 2 N–H and O–H groups in total. The van der Waals surface area contributed by atoms with Crippen LogP contribution < -0.4 is 5.73 Å². The summed E-state index contributed by atoms with van der Waals surface area (Å²) in [4.78, 5) is 8.80. The topological polar surface area (TPSA) is 51.8 Å². The summed E-state index contributed by atoms with van der Waals surface area (Å²) in [5.41, 5.74) is 8.94. The Hall–Kier alpha value is -0.960. The van der Waals surface area contributed by atoms with Gasteiger partial charge in [0.1, 0.15) is 0 Å². The fourth-order valence-electron chi connectivity index (χ4n) is 1.52. The summed E-state index contributed by atoms with van der Waals surface area (Å²) >= 11 is 0. The molecule has 1 unspecified atom stereocenters. The van der Waals surface area contributed by atoms with Gasteiger partial charge in [0.05, 0.1) is 23.3 Å². The van der Waals surface area contributed by atoms with E-state index in [1.165, 1.54) is 12.1 Å². The normalized spacial score (nSPS) is 17.5. The lowest BCUT2D eigenvalue weighted by Crippen LogP contribution is -2.09. The number of nitrogens with two attached hydrogens (primary N) is 1. The molecule has 0 fully saturated rings. The summed E-state index contributed by atoms with van der Waals surface area (Å²) in [5, 5.41) is 0. The van der Waals surface area contributed by atoms with Gasteiger partial charge in [-0.15, -0.1) is 0 Å². The molecule has 0 saturated heterocycles. The molecule has 1 aromatic rings. The van der Waals surface area contributed by atoms with E-state index in [1.807, 2.05) is 6.92 Å². The first-order valence-corrected chi connectivity index (χ1v) is 4.37. The fraction of sp³-hybridized carbons (Fsp3) is 0.556. The zero-order chi connectivity index (χ0) is 8.55. The van der Waals surface area contributed by atoms with E-state index in [-0.39, 0.29) is 6.04 Å². The third kappa shape index (κ3) is 1.20. The minimum atomic E-state index is 0.00315. The van der Waals surface area contributed by atoms with Gasteiger partial charge in [0.25, 0.3) is 0 Å². The first-order valence-electron chi connectivity index (χ1n) is 4.37. The Balaban J connectivity index is 2.39. The molecular weight excluding hydrogens is 150 g/mol. The Bertz CT molecular complexity index is 294. The summed E-state index contributed by atoms with van der Waals surface area (Å²) in [6.45, 7) is 1.94. The number of fused-ring (bicyclic) bond motifs is 1. The largest absolute Gasteiger partial charge is 0.323 e. The molecule has 3 nitrogen and oxygen atoms in total. The molecule has 0 amide bonds. The van der Waals surface area contributed by atoms with E-state index >= 15 is 0 Å². The van der Waals surface area contributed by atoms with Gasteiger partial charge in [-0.1, -0.05) is 0 Å². The Morgan fingerprint density at radius 3 is 2.92 bits per heavy atom. The van der Waals surface area contributed by atoms with Crippen molar-refractivity contribution in [2.45, 2.75) is 32.2 Å². The van der Waals surface area contributed by atoms with Gasteiger partial charge in [-0.3, -0.25) is 9.97 Å². The summed E-state index contributed by atoms with van der Waals surface area (Å²) in [7, 11) is 0. The van der Waals surface area contributed by atoms with Crippen molar-refractivity contribution >= 4 is 0 Å². The third-order valence-corrected chi connectivity index (χ3v) is 2.24. The number of hydrogen-bond donors (Lipinski definition) is 1. The van der Waals surface area contributed by atoms with Crippen molar-refractivity contribution in [2.75, 3.05) is 0 Å². The van der Waals surface area contributed by atoms with Gasteiger partial charge in [0.2, 0.25) is 0 Å². The molecule has 1 aromatic heterocycles. The van der Waals surface area contributed by atoms with Crippen LogP contribution in [0.15, 0.2) is 6.20 Å². The Morgan fingerprint density at radius 2 is 2.17 bits per heavy atom. The molecule has 0 bridgehead atoms. The predicted octanol–water partition coefficient (Wildman–Crippen LogP) is 0.985. The first kappa shape index (κ1) is 7.68. The fourth-order valence-corrected chi connectivity index (χ4v) is 1.52. The van der Waals surface area contributed by atoms with E-state index in [0.717, 1.165) is 24.2 Å². The van der Waals surface area contributed by atoms with Crippen molar-refractivity contribution in [1.29, 1.82) is 0 Å². The van der Waals surface area contributed by atoms with Crippen LogP contribution in [0, 0.1) is 0 Å². The number of rotatable bonds is 1. The highest BCUT2D eigenvalue weighted by molar-refractivity contribution is 5.19. The molecule has 1 aliphatic rings. The van der Waals surface area contributed by atoms with E-state index in [0.29, 0.717) is 0 Å². The second kappa shape index (κ2) is 2.83. The number of hydrogen-bond acceptors (Lipinski definition) is 3. The van der Waals surface area contributed by atoms with Gasteiger partial charge in [-0.05, 0) is 26.2 Å². The van der Waals surface area contributed by atoms with Crippen LogP contribution in [0.4, 0.5) is 0 Å². The molecule has 3 heteroatoms. The minimum absolute atomic E-state index is 0.00315. The number of aromatic nitrogens is 2. The Morgan fingerprint density at radius 1 is 1.42 bits per heavy atom. The maximum Gasteiger partial charge on any atom is 0.0754 e. The Labute approximate surface area is 72.0 Å². The summed E-state index contributed by atoms with van der Waals surface area (Å²) in [6.07, 6.45) is 5.15. The third-order valence-electron chi connectivity index (χ3n) is 2.24. The van der Waals surface area contributed by atoms with E-state index in [2.05, 4.69) is 9.97 Å². The highest BCUT2D eigenvalue weighted by atomic mass is 14.9. The standard InChI is InChI=1S/C9H13N3/c1-6(10)9-5-11-7-3-2-4-8(7)12-9/h5-6H,2-4,10H2,1H3. The number of aryl methyl sites for hydroxylation is 2. The van der Waals surface area contributed by atoms with Crippen LogP contribution >= 0.6 is 0 Å². The molecule has 12 heavy (non-hydrogen) atoms. The SMILES string of the molecule is CC(N)c1cnc2c(n1)CCC2. The van der Waals surface area contributed by atoms with Crippen molar-refractivity contribution < 1.29 is 0 Å². The van der Waals surface area contributed by atoms with Crippen molar-refractivity contribution in [3.05, 3.63) is 23.3 Å². The average Bonchev–Trinajstić information content (AvgIpc) is 2.49. The Kier molecular flexibility index (Phi) is 1.81. The van der Waals surface area contributed by atoms with Crippen molar-refractivity contribution in [1.82, 2.24) is 9.97 Å². The molecule has 64 valence electrons. The molecule has 1 aliphatic carbocycles. The van der Waals surface area contributed by atoms with E-state index < -0.39 is 0 Å². The minimum Gasteiger partial charge on any atom is -0.323 e. The molecule has 1 heterocycles. The molecule has 0 aliphatic heterocycles. The smallest absolute Gasteiger partial charge is 0.0754 e. The second-order valence-corrected chi connectivity index (χ2v) is 3.33. The van der Waals surface area contributed by atoms with Gasteiger partial charge in [-0.2, -0.15) is 0 Å². The van der Waals surface area contributed by atoms with E-state index in [1.54, 1.807) is 6.20 Å². The summed E-state index contributed by atoms with van der Waals surface area (Å²) < 4.78 is 0. The van der Waals surface area contributed by atoms with Crippen LogP contribution in [0.25, 0.3) is 0 Å². The zero-order valence-electron chi connectivity index (χ0n) is 7.25. The lowest BCUT2D eigenvalue weighted by Gasteiger charge is -2.05. The van der Waals surface area contributed by atoms with Gasteiger partial charge < -0.3 is 5.73 Å². The molecule has 0 spiro atoms. The van der Waals surface area contributed by atoms with Crippen molar-refractivity contribution in [2.24, 2.45) is 5.73 Å². The lowest BCUT2D eigenvalue weighted by atomic mass is 10.2. The maximum absolute atomic E-state index is 5.71. The van der Waals surface area contributed by atoms with Gasteiger partial charge in [-0.25, -0.2) is 0 Å². The van der Waals surface area contributed by atoms with E-state index in [4.69, 9.17) is 5.73 Å². The molecule has 1 atom stereocenters. The molecular formula is C9H13N3. The van der Waals surface area contributed by atoms with Crippen LogP contribution in [0.2, 0.25) is 0 Å². The van der Waals surface area contributed by atoms with Crippen molar-refractivity contribution in [3.8, 4) is 0 Å². The van der Waals surface area contributed by atoms with E-state index in [9.17, 15) is 0 Å². The highest BCUT2D eigenvalue weighted by Gasteiger charge is 2.14. The quantitative estimate of drug-likeness (QED) is 0.671. The summed E-state index contributed by atoms with van der Waals surface area (Å²) in [6, 6.07) is 0.00315. The highest BCUT2D eigenvalue weighted by Crippen LogP contribution is 2.18. The second-order valence-electron chi connectivity index (χ2n) is 3.33. The predicted molar refractivity (Wildman–Crippen MR) is 46.7 cm³/mol. The average molecular weight is 163 g/mol. The van der Waals surface area contributed by atoms with Crippen LogP contribution in [0.5, 0.6) is 0 Å². The van der Waals surface area contributed by atoms with Crippen LogP contribution in [0.1, 0.15) is 36.5 Å².